The average molecular weight is 493 g/mol. The summed E-state index contributed by atoms with van der Waals surface area (Å²) in [6.45, 7) is 7.48. The van der Waals surface area contributed by atoms with Crippen LogP contribution in [0.2, 0.25) is 0 Å². The minimum atomic E-state index is -0.158. The highest BCUT2D eigenvalue weighted by atomic mass is 16.1. The molecule has 2 aromatic carbocycles. The molecule has 4 aliphatic rings. The maximum absolute atomic E-state index is 13.3. The van der Waals surface area contributed by atoms with Crippen molar-refractivity contribution in [1.29, 1.82) is 0 Å². The van der Waals surface area contributed by atoms with Crippen LogP contribution < -0.4 is 0 Å². The van der Waals surface area contributed by atoms with Crippen LogP contribution in [0.5, 0.6) is 0 Å². The fraction of sp³-hybridized carbons (Fsp3) is 0.528. The second kappa shape index (κ2) is 9.72. The van der Waals surface area contributed by atoms with Gasteiger partial charge in [0, 0.05) is 6.42 Å². The largest absolute Gasteiger partial charge is 0.299 e. The van der Waals surface area contributed by atoms with E-state index in [0.29, 0.717) is 23.0 Å². The third-order valence-electron chi connectivity index (χ3n) is 11.6. The number of ketones is 1. The van der Waals surface area contributed by atoms with Gasteiger partial charge in [-0.2, -0.15) is 0 Å². The molecule has 6 rings (SSSR count). The Morgan fingerprint density at radius 1 is 0.892 bits per heavy atom. The zero-order valence-electron chi connectivity index (χ0n) is 23.1. The van der Waals surface area contributed by atoms with Crippen LogP contribution in [0.4, 0.5) is 0 Å². The highest BCUT2D eigenvalue weighted by molar-refractivity contribution is 5.89. The summed E-state index contributed by atoms with van der Waals surface area (Å²) >= 11 is 0. The second-order valence-electron chi connectivity index (χ2n) is 13.1. The predicted octanol–water partition coefficient (Wildman–Crippen LogP) is 9.29. The lowest BCUT2D eigenvalue weighted by molar-refractivity contribution is -0.137. The van der Waals surface area contributed by atoms with Gasteiger partial charge >= 0.3 is 0 Å². The van der Waals surface area contributed by atoms with Gasteiger partial charge in [-0.1, -0.05) is 92.2 Å². The Morgan fingerprint density at radius 2 is 1.57 bits per heavy atom. The van der Waals surface area contributed by atoms with Crippen LogP contribution in [0, 0.1) is 40.4 Å². The van der Waals surface area contributed by atoms with Gasteiger partial charge in [0.15, 0.2) is 0 Å². The number of benzene rings is 2. The third-order valence-corrected chi connectivity index (χ3v) is 11.6. The minimum absolute atomic E-state index is 0.158. The van der Waals surface area contributed by atoms with Crippen LogP contribution in [0.1, 0.15) is 89.7 Å². The van der Waals surface area contributed by atoms with E-state index in [9.17, 15) is 4.79 Å². The summed E-state index contributed by atoms with van der Waals surface area (Å²) in [5.74, 6) is 4.09. The van der Waals surface area contributed by atoms with E-state index in [1.165, 1.54) is 54.4 Å². The maximum Gasteiger partial charge on any atom is 0.143 e. The van der Waals surface area contributed by atoms with E-state index in [0.717, 1.165) is 43.4 Å². The first kappa shape index (κ1) is 24.9. The summed E-state index contributed by atoms with van der Waals surface area (Å²) in [4.78, 5) is 13.3. The molecule has 194 valence electrons. The van der Waals surface area contributed by atoms with Gasteiger partial charge in [-0.3, -0.25) is 4.79 Å². The number of carbonyl (C=O) groups excluding carboxylic acids is 1. The molecule has 0 radical (unpaired) electrons. The van der Waals surface area contributed by atoms with Crippen molar-refractivity contribution in [3.05, 3.63) is 89.5 Å². The zero-order valence-corrected chi connectivity index (χ0v) is 23.1. The molecule has 3 fully saturated rings. The molecule has 2 aromatic rings. The molecule has 0 bridgehead atoms. The molecule has 7 unspecified atom stereocenters. The number of carbonyl (C=O) groups is 1. The first-order valence-corrected chi connectivity index (χ1v) is 15.0. The third kappa shape index (κ3) is 4.08. The van der Waals surface area contributed by atoms with E-state index < -0.39 is 0 Å². The molecule has 4 aliphatic carbocycles. The van der Waals surface area contributed by atoms with Crippen LogP contribution in [-0.2, 0) is 4.79 Å². The van der Waals surface area contributed by atoms with Crippen molar-refractivity contribution in [2.45, 2.75) is 78.6 Å². The number of fused-ring (bicyclic) bond motifs is 5. The van der Waals surface area contributed by atoms with Gasteiger partial charge in [-0.05, 0) is 110 Å². The van der Waals surface area contributed by atoms with Crippen molar-refractivity contribution in [2.24, 2.45) is 40.4 Å². The molecule has 0 N–H and O–H groups in total. The number of allylic oxidation sites excluding steroid dienone is 3. The molecule has 0 saturated heterocycles. The highest BCUT2D eigenvalue weighted by Crippen LogP contribution is 2.67. The highest BCUT2D eigenvalue weighted by Gasteiger charge is 2.60. The Morgan fingerprint density at radius 3 is 2.24 bits per heavy atom. The summed E-state index contributed by atoms with van der Waals surface area (Å²) in [6.07, 6.45) is 15.6. The fourth-order valence-electron chi connectivity index (χ4n) is 9.65. The van der Waals surface area contributed by atoms with Gasteiger partial charge < -0.3 is 0 Å². The lowest BCUT2D eigenvalue weighted by atomic mass is 9.46. The predicted molar refractivity (Wildman–Crippen MR) is 154 cm³/mol. The SMILES string of the molecule is CC(CC=C(c1ccccc1)c1ccccc1)C1CCC2C3CCC4=CCCC(=O)C4(C)C3CCC12C. The lowest BCUT2D eigenvalue weighted by Gasteiger charge is -2.58. The maximum atomic E-state index is 13.3. The van der Waals surface area contributed by atoms with Crippen molar-refractivity contribution < 1.29 is 4.79 Å². The normalized spacial score (nSPS) is 35.5. The summed E-state index contributed by atoms with van der Waals surface area (Å²) in [6, 6.07) is 21.8. The molecule has 0 heterocycles. The van der Waals surface area contributed by atoms with Gasteiger partial charge in [0.05, 0.1) is 5.41 Å². The van der Waals surface area contributed by atoms with Crippen LogP contribution >= 0.6 is 0 Å². The molecule has 37 heavy (non-hydrogen) atoms. The Balaban J connectivity index is 1.24. The first-order chi connectivity index (χ1) is 17.9. The van der Waals surface area contributed by atoms with Crippen molar-refractivity contribution in [2.75, 3.05) is 0 Å². The van der Waals surface area contributed by atoms with E-state index in [-0.39, 0.29) is 5.41 Å². The molecule has 0 aromatic heterocycles. The quantitative estimate of drug-likeness (QED) is 0.380. The van der Waals surface area contributed by atoms with Crippen LogP contribution in [-0.4, -0.2) is 5.78 Å². The molecule has 0 amide bonds. The molecular formula is C36H44O. The van der Waals surface area contributed by atoms with Crippen LogP contribution in [0.25, 0.3) is 5.57 Å². The first-order valence-electron chi connectivity index (χ1n) is 15.0. The molecule has 7 atom stereocenters. The van der Waals surface area contributed by atoms with E-state index in [4.69, 9.17) is 0 Å². The van der Waals surface area contributed by atoms with Gasteiger partial charge in [0.25, 0.3) is 0 Å². The van der Waals surface area contributed by atoms with Gasteiger partial charge in [0.1, 0.15) is 5.78 Å². The van der Waals surface area contributed by atoms with Gasteiger partial charge in [0.2, 0.25) is 0 Å². The lowest BCUT2D eigenvalue weighted by Crippen LogP contribution is -2.53. The molecular weight excluding hydrogens is 448 g/mol. The van der Waals surface area contributed by atoms with E-state index in [1.54, 1.807) is 0 Å². The number of Topliss-reactive ketones (excluding diaryl/α,β-unsaturated/α-hetero) is 1. The molecule has 0 aliphatic heterocycles. The minimum Gasteiger partial charge on any atom is -0.299 e. The van der Waals surface area contributed by atoms with Gasteiger partial charge in [-0.25, -0.2) is 0 Å². The number of rotatable bonds is 5. The van der Waals surface area contributed by atoms with E-state index in [1.807, 2.05) is 0 Å². The monoisotopic (exact) mass is 492 g/mol. The Hall–Kier alpha value is -2.41. The Labute approximate surface area is 224 Å². The van der Waals surface area contributed by atoms with Gasteiger partial charge in [-0.15, -0.1) is 0 Å². The summed E-state index contributed by atoms with van der Waals surface area (Å²) in [5, 5.41) is 0. The average Bonchev–Trinajstić information content (AvgIpc) is 3.28. The van der Waals surface area contributed by atoms with Crippen molar-refractivity contribution in [1.82, 2.24) is 0 Å². The van der Waals surface area contributed by atoms with Crippen molar-refractivity contribution in [3.8, 4) is 0 Å². The summed E-state index contributed by atoms with van der Waals surface area (Å²) in [7, 11) is 0. The number of hydrogen-bond donors (Lipinski definition) is 0. The molecule has 0 spiro atoms. The second-order valence-corrected chi connectivity index (χ2v) is 13.1. The standard InChI is InChI=1S/C36H44O/c1-25(17-19-29(26-11-6-4-7-12-26)27-13-8-5-9-14-27)31-21-22-32-30-20-18-28-15-10-16-34(37)36(28,3)33(30)23-24-35(31,32)2/h4-9,11-15,19,25,30-33H,10,16-18,20-24H2,1-3H3. The molecule has 3 saturated carbocycles. The van der Waals surface area contributed by atoms with Crippen molar-refractivity contribution >= 4 is 11.4 Å². The molecule has 1 nitrogen and oxygen atoms in total. The number of hydrogen-bond acceptors (Lipinski definition) is 1. The van der Waals surface area contributed by atoms with Crippen LogP contribution in [0.3, 0.4) is 0 Å². The Bertz CT molecular complexity index is 1150. The van der Waals surface area contributed by atoms with E-state index in [2.05, 4.69) is 93.6 Å². The van der Waals surface area contributed by atoms with Crippen molar-refractivity contribution in [3.63, 3.8) is 0 Å². The smallest absolute Gasteiger partial charge is 0.143 e. The summed E-state index contributed by atoms with van der Waals surface area (Å²) in [5.41, 5.74) is 5.75. The topological polar surface area (TPSA) is 17.1 Å². The Kier molecular flexibility index (Phi) is 6.54. The zero-order chi connectivity index (χ0) is 25.6. The summed E-state index contributed by atoms with van der Waals surface area (Å²) < 4.78 is 0. The van der Waals surface area contributed by atoms with Crippen LogP contribution in [0.15, 0.2) is 78.4 Å². The van der Waals surface area contributed by atoms with E-state index >= 15 is 0 Å². The molecule has 1 heteroatoms. The fourth-order valence-corrected chi connectivity index (χ4v) is 9.65.